The zero-order valence-corrected chi connectivity index (χ0v) is 17.4. The van der Waals surface area contributed by atoms with Gasteiger partial charge in [0.25, 0.3) is 0 Å². The zero-order valence-electron chi connectivity index (χ0n) is 16.6. The molecule has 1 amide bonds. The minimum absolute atomic E-state index is 0.119. The Balaban J connectivity index is 1.66. The summed E-state index contributed by atoms with van der Waals surface area (Å²) in [6.07, 6.45) is 2.06. The zero-order chi connectivity index (χ0) is 20.3. The van der Waals surface area contributed by atoms with Gasteiger partial charge in [0, 0.05) is 31.0 Å². The second-order valence-electron chi connectivity index (χ2n) is 7.34. The standard InChI is InChI=1S/C21H27N3O3S/c1-16(2)23(3)28(26,27)19-12-10-18(11-13-19)22-21(25)15-24-14-6-8-17-7-4-5-9-20(17)24/h4-5,7,9-13,16H,6,8,14-15H2,1-3H3,(H,22,25). The summed E-state index contributed by atoms with van der Waals surface area (Å²) in [6.45, 7) is 4.77. The largest absolute Gasteiger partial charge is 0.362 e. The normalized spacial score (nSPS) is 14.2. The predicted octanol–water partition coefficient (Wildman–Crippen LogP) is 3.11. The minimum atomic E-state index is -3.53. The summed E-state index contributed by atoms with van der Waals surface area (Å²) in [5.74, 6) is -0.119. The highest BCUT2D eigenvalue weighted by Gasteiger charge is 2.23. The van der Waals surface area contributed by atoms with Gasteiger partial charge in [-0.1, -0.05) is 18.2 Å². The average molecular weight is 402 g/mol. The highest BCUT2D eigenvalue weighted by atomic mass is 32.2. The molecule has 6 nitrogen and oxygen atoms in total. The van der Waals surface area contributed by atoms with Crippen molar-refractivity contribution in [3.05, 3.63) is 54.1 Å². The fraction of sp³-hybridized carbons (Fsp3) is 0.381. The Bertz CT molecular complexity index is 940. The Labute approximate surface area is 167 Å². The van der Waals surface area contributed by atoms with Crippen molar-refractivity contribution >= 4 is 27.3 Å². The number of benzene rings is 2. The smallest absolute Gasteiger partial charge is 0.243 e. The van der Waals surface area contributed by atoms with E-state index in [9.17, 15) is 13.2 Å². The van der Waals surface area contributed by atoms with Crippen LogP contribution in [0.2, 0.25) is 0 Å². The molecule has 0 fully saturated rings. The minimum Gasteiger partial charge on any atom is -0.362 e. The number of nitrogens with zero attached hydrogens (tertiary/aromatic N) is 2. The lowest BCUT2D eigenvalue weighted by molar-refractivity contribution is -0.115. The first kappa shape index (κ1) is 20.4. The number of rotatable bonds is 6. The first-order valence-electron chi connectivity index (χ1n) is 9.50. The van der Waals surface area contributed by atoms with Crippen molar-refractivity contribution in [2.45, 2.75) is 37.6 Å². The molecule has 1 N–H and O–H groups in total. The van der Waals surface area contributed by atoms with Gasteiger partial charge in [0.1, 0.15) is 0 Å². The number of amides is 1. The number of hydrogen-bond donors (Lipinski definition) is 1. The maximum absolute atomic E-state index is 12.5. The van der Waals surface area contributed by atoms with E-state index in [4.69, 9.17) is 0 Å². The number of carbonyl (C=O) groups is 1. The van der Waals surface area contributed by atoms with Gasteiger partial charge in [-0.2, -0.15) is 4.31 Å². The number of fused-ring (bicyclic) bond motifs is 1. The summed E-state index contributed by atoms with van der Waals surface area (Å²) in [5, 5.41) is 2.86. The van der Waals surface area contributed by atoms with Crippen LogP contribution in [0.1, 0.15) is 25.8 Å². The predicted molar refractivity (Wildman–Crippen MR) is 112 cm³/mol. The molecule has 0 unspecified atom stereocenters. The van der Waals surface area contributed by atoms with Crippen LogP contribution in [-0.2, 0) is 21.2 Å². The first-order chi connectivity index (χ1) is 13.3. The third kappa shape index (κ3) is 4.36. The van der Waals surface area contributed by atoms with Gasteiger partial charge in [0.05, 0.1) is 11.4 Å². The van der Waals surface area contributed by atoms with Crippen LogP contribution in [0.5, 0.6) is 0 Å². The van der Waals surface area contributed by atoms with E-state index in [2.05, 4.69) is 16.3 Å². The van der Waals surface area contributed by atoms with Gasteiger partial charge >= 0.3 is 0 Å². The monoisotopic (exact) mass is 401 g/mol. The molecule has 3 rings (SSSR count). The van der Waals surface area contributed by atoms with Crippen LogP contribution in [0.3, 0.4) is 0 Å². The van der Waals surface area contributed by atoms with E-state index in [-0.39, 0.29) is 23.4 Å². The maximum atomic E-state index is 12.5. The number of sulfonamides is 1. The van der Waals surface area contributed by atoms with E-state index < -0.39 is 10.0 Å². The van der Waals surface area contributed by atoms with Crippen LogP contribution in [0.25, 0.3) is 0 Å². The molecule has 0 aliphatic carbocycles. The number of para-hydroxylation sites is 1. The van der Waals surface area contributed by atoms with Crippen LogP contribution >= 0.6 is 0 Å². The molecule has 0 saturated heterocycles. The van der Waals surface area contributed by atoms with E-state index in [0.717, 1.165) is 25.1 Å². The molecule has 0 aromatic heterocycles. The Morgan fingerprint density at radius 1 is 1.14 bits per heavy atom. The van der Waals surface area contributed by atoms with Gasteiger partial charge in [0.2, 0.25) is 15.9 Å². The molecular formula is C21H27N3O3S. The Kier molecular flexibility index (Phi) is 6.05. The quantitative estimate of drug-likeness (QED) is 0.808. The van der Waals surface area contributed by atoms with Crippen LogP contribution in [0.4, 0.5) is 11.4 Å². The number of aryl methyl sites for hydroxylation is 1. The molecular weight excluding hydrogens is 374 g/mol. The van der Waals surface area contributed by atoms with Crippen molar-refractivity contribution in [2.24, 2.45) is 0 Å². The van der Waals surface area contributed by atoms with E-state index in [1.807, 2.05) is 32.0 Å². The van der Waals surface area contributed by atoms with Gasteiger partial charge in [-0.15, -0.1) is 0 Å². The number of anilines is 2. The third-order valence-electron chi connectivity index (χ3n) is 5.08. The highest BCUT2D eigenvalue weighted by Crippen LogP contribution is 2.26. The Morgan fingerprint density at radius 2 is 1.82 bits per heavy atom. The van der Waals surface area contributed by atoms with Crippen molar-refractivity contribution in [2.75, 3.05) is 30.4 Å². The summed E-state index contributed by atoms with van der Waals surface area (Å²) >= 11 is 0. The van der Waals surface area contributed by atoms with Crippen molar-refractivity contribution in [3.8, 4) is 0 Å². The fourth-order valence-corrected chi connectivity index (χ4v) is 4.67. The molecule has 0 bridgehead atoms. The summed E-state index contributed by atoms with van der Waals surface area (Å²) in [7, 11) is -1.97. The molecule has 0 atom stereocenters. The SMILES string of the molecule is CC(C)N(C)S(=O)(=O)c1ccc(NC(=O)CN2CCCc3ccccc32)cc1. The van der Waals surface area contributed by atoms with Crippen LogP contribution in [0, 0.1) is 0 Å². The first-order valence-corrected chi connectivity index (χ1v) is 10.9. The maximum Gasteiger partial charge on any atom is 0.243 e. The number of carbonyl (C=O) groups excluding carboxylic acids is 1. The number of hydrogen-bond acceptors (Lipinski definition) is 4. The second-order valence-corrected chi connectivity index (χ2v) is 9.34. The van der Waals surface area contributed by atoms with Gasteiger partial charge in [-0.25, -0.2) is 8.42 Å². The van der Waals surface area contributed by atoms with Crippen molar-refractivity contribution in [3.63, 3.8) is 0 Å². The lowest BCUT2D eigenvalue weighted by Gasteiger charge is -2.30. The summed E-state index contributed by atoms with van der Waals surface area (Å²) in [6, 6.07) is 14.3. The molecule has 0 saturated carbocycles. The molecule has 1 aliphatic rings. The summed E-state index contributed by atoms with van der Waals surface area (Å²) in [4.78, 5) is 14.8. The lowest BCUT2D eigenvalue weighted by atomic mass is 10.0. The summed E-state index contributed by atoms with van der Waals surface area (Å²) < 4.78 is 26.4. The van der Waals surface area contributed by atoms with Crippen LogP contribution in [0.15, 0.2) is 53.4 Å². The molecule has 2 aromatic carbocycles. The van der Waals surface area contributed by atoms with Crippen LogP contribution < -0.4 is 10.2 Å². The summed E-state index contributed by atoms with van der Waals surface area (Å²) in [5.41, 5.74) is 2.97. The van der Waals surface area contributed by atoms with Gasteiger partial charge in [-0.05, 0) is 62.6 Å². The molecule has 150 valence electrons. The Morgan fingerprint density at radius 3 is 2.50 bits per heavy atom. The molecule has 0 radical (unpaired) electrons. The van der Waals surface area contributed by atoms with Crippen molar-refractivity contribution in [1.29, 1.82) is 0 Å². The topological polar surface area (TPSA) is 69.7 Å². The van der Waals surface area contributed by atoms with Gasteiger partial charge < -0.3 is 10.2 Å². The van der Waals surface area contributed by atoms with E-state index in [1.54, 1.807) is 19.2 Å². The third-order valence-corrected chi connectivity index (χ3v) is 7.13. The second kappa shape index (κ2) is 8.32. The molecule has 1 aliphatic heterocycles. The average Bonchev–Trinajstić information content (AvgIpc) is 2.68. The van der Waals surface area contributed by atoms with E-state index in [1.165, 1.54) is 22.0 Å². The molecule has 1 heterocycles. The lowest BCUT2D eigenvalue weighted by Crippen LogP contribution is -2.36. The number of nitrogens with one attached hydrogen (secondary N) is 1. The van der Waals surface area contributed by atoms with E-state index in [0.29, 0.717) is 5.69 Å². The van der Waals surface area contributed by atoms with E-state index >= 15 is 0 Å². The Hall–Kier alpha value is -2.38. The highest BCUT2D eigenvalue weighted by molar-refractivity contribution is 7.89. The molecule has 0 spiro atoms. The van der Waals surface area contributed by atoms with Crippen molar-refractivity contribution in [1.82, 2.24) is 4.31 Å². The van der Waals surface area contributed by atoms with Crippen molar-refractivity contribution < 1.29 is 13.2 Å². The fourth-order valence-electron chi connectivity index (χ4n) is 3.30. The molecule has 28 heavy (non-hydrogen) atoms. The molecule has 7 heteroatoms. The van der Waals surface area contributed by atoms with Gasteiger partial charge in [-0.3, -0.25) is 4.79 Å². The van der Waals surface area contributed by atoms with Gasteiger partial charge in [0.15, 0.2) is 0 Å². The van der Waals surface area contributed by atoms with Crippen LogP contribution in [-0.4, -0.2) is 44.8 Å². The molecule has 2 aromatic rings.